The first-order valence-electron chi connectivity index (χ1n) is 2.47. The Labute approximate surface area is 90.9 Å². The lowest BCUT2D eigenvalue weighted by atomic mass is 10.8. The first-order chi connectivity index (χ1) is 5.17. The largest absolute Gasteiger partial charge is 0.364 e. The lowest BCUT2D eigenvalue weighted by Crippen LogP contribution is -2.28. The van der Waals surface area contributed by atoms with Crippen LogP contribution in [0.25, 0.3) is 0 Å². The van der Waals surface area contributed by atoms with Gasteiger partial charge in [0, 0.05) is 6.92 Å². The van der Waals surface area contributed by atoms with Gasteiger partial charge < -0.3 is 0 Å². The molecule has 0 fully saturated rings. The van der Waals surface area contributed by atoms with Crippen molar-refractivity contribution in [2.75, 3.05) is 0 Å². The average molecular weight is 276 g/mol. The molecule has 0 atom stereocenters. The highest BCUT2D eigenvalue weighted by Gasteiger charge is 2.51. The van der Waals surface area contributed by atoms with E-state index in [1.54, 1.807) is 0 Å². The van der Waals surface area contributed by atoms with E-state index >= 15 is 0 Å². The van der Waals surface area contributed by atoms with Crippen LogP contribution in [-0.4, -0.2) is 14.2 Å². The SMILES string of the molecule is CC(=O)SSC(Cl)(Cl)C(F)(F)Cl. The van der Waals surface area contributed by atoms with Crippen LogP contribution in [0, 0.1) is 0 Å². The van der Waals surface area contributed by atoms with Crippen molar-refractivity contribution in [3.05, 3.63) is 0 Å². The van der Waals surface area contributed by atoms with Gasteiger partial charge in [0.05, 0.1) is 0 Å². The quantitative estimate of drug-likeness (QED) is 0.575. The molecule has 0 unspecified atom stereocenters. The third-order valence-corrected chi connectivity index (χ3v) is 5.16. The van der Waals surface area contributed by atoms with Gasteiger partial charge in [-0.05, 0) is 33.2 Å². The van der Waals surface area contributed by atoms with Crippen LogP contribution in [-0.2, 0) is 4.79 Å². The van der Waals surface area contributed by atoms with E-state index in [2.05, 4.69) is 11.6 Å². The van der Waals surface area contributed by atoms with E-state index in [1.165, 1.54) is 6.92 Å². The van der Waals surface area contributed by atoms with Crippen molar-refractivity contribution < 1.29 is 13.6 Å². The average Bonchev–Trinajstić information content (AvgIpc) is 1.81. The van der Waals surface area contributed by atoms with Crippen LogP contribution < -0.4 is 0 Å². The van der Waals surface area contributed by atoms with Gasteiger partial charge in [-0.1, -0.05) is 23.2 Å². The summed E-state index contributed by atoms with van der Waals surface area (Å²) >= 11 is 14.8. The molecule has 0 saturated heterocycles. The van der Waals surface area contributed by atoms with Gasteiger partial charge in [0.15, 0.2) is 5.12 Å². The van der Waals surface area contributed by atoms with E-state index in [-0.39, 0.29) is 5.12 Å². The molecule has 0 saturated carbocycles. The normalized spacial score (nSPS) is 13.2. The summed E-state index contributed by atoms with van der Waals surface area (Å²) < 4.78 is 22.1. The van der Waals surface area contributed by atoms with Crippen LogP contribution in [0.4, 0.5) is 8.78 Å². The Morgan fingerprint density at radius 2 is 1.75 bits per heavy atom. The molecule has 0 aromatic rings. The van der Waals surface area contributed by atoms with Crippen LogP contribution in [0.5, 0.6) is 0 Å². The van der Waals surface area contributed by atoms with Crippen LogP contribution in [0.3, 0.4) is 0 Å². The molecule has 0 spiro atoms. The Bertz CT molecular complexity index is 182. The summed E-state index contributed by atoms with van der Waals surface area (Å²) in [4.78, 5) is 10.4. The van der Waals surface area contributed by atoms with E-state index in [9.17, 15) is 13.6 Å². The molecule has 0 aliphatic carbocycles. The maximum absolute atomic E-state index is 12.3. The number of halogens is 5. The third-order valence-electron chi connectivity index (χ3n) is 0.594. The zero-order valence-corrected chi connectivity index (χ0v) is 9.52. The predicted molar refractivity (Wildman–Crippen MR) is 51.1 cm³/mol. The van der Waals surface area contributed by atoms with Gasteiger partial charge in [-0.2, -0.15) is 8.78 Å². The number of carbonyl (C=O) groups excluding carboxylic acids is 1. The summed E-state index contributed by atoms with van der Waals surface area (Å²) in [6.07, 6.45) is 0. The summed E-state index contributed by atoms with van der Waals surface area (Å²) in [5, 5.41) is -4.16. The summed E-state index contributed by atoms with van der Waals surface area (Å²) in [5.74, 6) is 0. The van der Waals surface area contributed by atoms with Gasteiger partial charge in [0.25, 0.3) is 3.67 Å². The second-order valence-corrected chi connectivity index (χ2v) is 6.44. The minimum absolute atomic E-state index is 0.310. The summed E-state index contributed by atoms with van der Waals surface area (Å²) in [7, 11) is 0.824. The molecule has 8 heteroatoms. The molecule has 1 nitrogen and oxygen atoms in total. The van der Waals surface area contributed by atoms with Gasteiger partial charge in [0.1, 0.15) is 0 Å². The van der Waals surface area contributed by atoms with Crippen molar-refractivity contribution >= 4 is 61.5 Å². The van der Waals surface area contributed by atoms with Crippen molar-refractivity contribution in [1.82, 2.24) is 0 Å². The number of carbonyl (C=O) groups is 1. The standard InChI is InChI=1S/C4H3Cl3F2OS2/c1-2(10)11-12-3(5,6)4(7,8)9/h1H3. The minimum atomic E-state index is -3.77. The van der Waals surface area contributed by atoms with Crippen molar-refractivity contribution in [2.45, 2.75) is 16.0 Å². The molecule has 0 aromatic carbocycles. The molecule has 0 radical (unpaired) electrons. The fraction of sp³-hybridized carbons (Fsp3) is 0.750. The minimum Gasteiger partial charge on any atom is -0.287 e. The van der Waals surface area contributed by atoms with Crippen molar-refractivity contribution in [3.8, 4) is 0 Å². The lowest BCUT2D eigenvalue weighted by molar-refractivity contribution is -0.109. The summed E-state index contributed by atoms with van der Waals surface area (Å²) in [6, 6.07) is 0. The zero-order valence-electron chi connectivity index (χ0n) is 5.61. The van der Waals surface area contributed by atoms with Gasteiger partial charge >= 0.3 is 5.38 Å². The fourth-order valence-electron chi connectivity index (χ4n) is 0.158. The molecule has 12 heavy (non-hydrogen) atoms. The molecule has 0 rings (SSSR count). The van der Waals surface area contributed by atoms with E-state index < -0.39 is 9.05 Å². The molecular formula is C4H3Cl3F2OS2. The fourth-order valence-corrected chi connectivity index (χ4v) is 2.27. The van der Waals surface area contributed by atoms with Crippen LogP contribution in [0.1, 0.15) is 6.92 Å². The molecule has 0 bridgehead atoms. The molecule has 0 N–H and O–H groups in total. The predicted octanol–water partition coefficient (Wildman–Crippen LogP) is 3.88. The summed E-state index contributed by atoms with van der Waals surface area (Å²) in [5.41, 5.74) is 0. The monoisotopic (exact) mass is 274 g/mol. The van der Waals surface area contributed by atoms with Crippen LogP contribution in [0.15, 0.2) is 0 Å². The van der Waals surface area contributed by atoms with Crippen molar-refractivity contribution in [3.63, 3.8) is 0 Å². The van der Waals surface area contributed by atoms with Crippen molar-refractivity contribution in [1.29, 1.82) is 0 Å². The van der Waals surface area contributed by atoms with E-state index in [0.29, 0.717) is 21.6 Å². The lowest BCUT2D eigenvalue weighted by Gasteiger charge is -2.21. The van der Waals surface area contributed by atoms with Gasteiger partial charge in [-0.3, -0.25) is 4.79 Å². The molecule has 72 valence electrons. The van der Waals surface area contributed by atoms with Crippen LogP contribution >= 0.6 is 56.4 Å². The molecule has 0 aliphatic rings. The Morgan fingerprint density at radius 3 is 2.00 bits per heavy atom. The topological polar surface area (TPSA) is 17.1 Å². The maximum atomic E-state index is 12.3. The Kier molecular flexibility index (Phi) is 4.97. The maximum Gasteiger partial charge on any atom is 0.364 e. The van der Waals surface area contributed by atoms with Gasteiger partial charge in [-0.25, -0.2) is 0 Å². The second-order valence-electron chi connectivity index (χ2n) is 1.67. The highest BCUT2D eigenvalue weighted by atomic mass is 35.5. The number of hydrogen-bond acceptors (Lipinski definition) is 3. The molecule has 0 aliphatic heterocycles. The zero-order chi connectivity index (χ0) is 9.99. The Hall–Kier alpha value is 1.10. The second kappa shape index (κ2) is 4.55. The number of rotatable bonds is 3. The molecular weight excluding hydrogens is 273 g/mol. The van der Waals surface area contributed by atoms with Crippen molar-refractivity contribution in [2.24, 2.45) is 0 Å². The molecule has 0 heterocycles. The molecule has 0 aromatic heterocycles. The first-order valence-corrected chi connectivity index (χ1v) is 5.76. The number of hydrogen-bond donors (Lipinski definition) is 0. The van der Waals surface area contributed by atoms with E-state index in [4.69, 9.17) is 23.2 Å². The smallest absolute Gasteiger partial charge is 0.287 e. The Balaban J connectivity index is 4.14. The highest BCUT2D eigenvalue weighted by Crippen LogP contribution is 2.54. The van der Waals surface area contributed by atoms with Gasteiger partial charge in [-0.15, -0.1) is 0 Å². The summed E-state index contributed by atoms with van der Waals surface area (Å²) in [6.45, 7) is 1.20. The Morgan fingerprint density at radius 1 is 1.33 bits per heavy atom. The van der Waals surface area contributed by atoms with E-state index in [0.717, 1.165) is 0 Å². The van der Waals surface area contributed by atoms with E-state index in [1.807, 2.05) is 0 Å². The van der Waals surface area contributed by atoms with Crippen LogP contribution in [0.2, 0.25) is 0 Å². The molecule has 0 amide bonds. The highest BCUT2D eigenvalue weighted by molar-refractivity contribution is 8.83. The number of alkyl halides is 5. The third kappa shape index (κ3) is 4.37. The van der Waals surface area contributed by atoms with Gasteiger partial charge in [0.2, 0.25) is 0 Å². The first kappa shape index (κ1) is 13.1.